The Labute approximate surface area is 222 Å². The van der Waals surface area contributed by atoms with Gasteiger partial charge in [0.2, 0.25) is 11.8 Å². The molecule has 1 saturated heterocycles. The topological polar surface area (TPSA) is 78.1 Å². The van der Waals surface area contributed by atoms with E-state index in [1.807, 2.05) is 60.8 Å². The van der Waals surface area contributed by atoms with E-state index >= 15 is 0 Å². The number of alkyl halides is 1. The highest BCUT2D eigenvalue weighted by Crippen LogP contribution is 2.27. The molecule has 0 radical (unpaired) electrons. The van der Waals surface area contributed by atoms with Gasteiger partial charge >= 0.3 is 0 Å². The molecule has 38 heavy (non-hydrogen) atoms. The van der Waals surface area contributed by atoms with Crippen LogP contribution in [0.1, 0.15) is 60.9 Å². The zero-order valence-electron chi connectivity index (χ0n) is 21.7. The zero-order chi connectivity index (χ0) is 26.6. The van der Waals surface area contributed by atoms with Crippen molar-refractivity contribution in [3.63, 3.8) is 0 Å². The van der Waals surface area contributed by atoms with Gasteiger partial charge in [-0.15, -0.1) is 0 Å². The minimum absolute atomic E-state index is 0.00222. The number of amides is 2. The van der Waals surface area contributed by atoms with Crippen LogP contribution in [0.3, 0.4) is 0 Å². The molecule has 2 amide bonds. The van der Waals surface area contributed by atoms with E-state index in [-0.39, 0.29) is 31.2 Å². The van der Waals surface area contributed by atoms with E-state index in [9.17, 15) is 14.0 Å². The molecule has 6 nitrogen and oxygen atoms in total. The molecule has 5 rings (SSSR count). The molecule has 3 atom stereocenters. The molecule has 196 valence electrons. The second-order valence-corrected chi connectivity index (χ2v) is 10.3. The van der Waals surface area contributed by atoms with E-state index in [0.717, 1.165) is 27.7 Å². The van der Waals surface area contributed by atoms with Crippen molar-refractivity contribution in [3.05, 3.63) is 101 Å². The summed E-state index contributed by atoms with van der Waals surface area (Å²) in [5.41, 5.74) is 4.80. The highest BCUT2D eigenvalue weighted by atomic mass is 19.1. The number of likely N-dealkylation sites (tertiary alicyclic amines) is 1. The van der Waals surface area contributed by atoms with Crippen molar-refractivity contribution < 1.29 is 14.0 Å². The lowest BCUT2D eigenvalue weighted by Gasteiger charge is -2.27. The number of rotatable bonds is 8. The average molecular weight is 513 g/mol. The number of H-pyrrole nitrogens is 1. The number of hydrogen-bond donors (Lipinski definition) is 2. The third kappa shape index (κ3) is 5.62. The van der Waals surface area contributed by atoms with Crippen LogP contribution in [0.25, 0.3) is 11.0 Å². The number of hydrogen-bond acceptors (Lipinski definition) is 3. The largest absolute Gasteiger partial charge is 0.346 e. The number of pyridine rings is 1. The van der Waals surface area contributed by atoms with E-state index in [1.165, 1.54) is 10.5 Å². The maximum atomic E-state index is 14.6. The van der Waals surface area contributed by atoms with Gasteiger partial charge in [0.15, 0.2) is 0 Å². The lowest BCUT2D eigenvalue weighted by atomic mass is 9.95. The molecule has 2 N–H and O–H groups in total. The number of aromatic amines is 1. The number of aryl methyl sites for hydroxylation is 1. The van der Waals surface area contributed by atoms with Gasteiger partial charge in [-0.1, -0.05) is 68.4 Å². The number of benzene rings is 2. The number of fused-ring (bicyclic) bond motifs is 1. The molecule has 0 spiro atoms. The smallest absolute Gasteiger partial charge is 0.243 e. The fourth-order valence-electron chi connectivity index (χ4n) is 5.14. The molecule has 0 aliphatic carbocycles. The second-order valence-electron chi connectivity index (χ2n) is 10.3. The first-order chi connectivity index (χ1) is 18.4. The molecular weight excluding hydrogens is 479 g/mol. The Morgan fingerprint density at radius 1 is 1.05 bits per heavy atom. The van der Waals surface area contributed by atoms with Crippen LogP contribution >= 0.6 is 0 Å². The lowest BCUT2D eigenvalue weighted by Crippen LogP contribution is -2.47. The zero-order valence-corrected chi connectivity index (χ0v) is 21.7. The molecule has 7 heteroatoms. The van der Waals surface area contributed by atoms with Crippen LogP contribution in [0, 0.1) is 0 Å². The normalized spacial score (nSPS) is 18.2. The Bertz CT molecular complexity index is 1400. The fraction of sp³-hybridized carbons (Fsp3) is 0.323. The molecule has 0 bridgehead atoms. The number of aromatic nitrogens is 2. The first kappa shape index (κ1) is 25.6. The van der Waals surface area contributed by atoms with Crippen molar-refractivity contribution in [3.8, 4) is 0 Å². The first-order valence-electron chi connectivity index (χ1n) is 13.2. The Kier molecular flexibility index (Phi) is 7.54. The minimum atomic E-state index is -1.23. The third-order valence-electron chi connectivity index (χ3n) is 7.31. The Morgan fingerprint density at radius 3 is 2.50 bits per heavy atom. The molecule has 3 heterocycles. The number of carbonyl (C=O) groups is 2. The molecule has 0 saturated carbocycles. The Morgan fingerprint density at radius 2 is 1.76 bits per heavy atom. The molecule has 4 aromatic rings. The standard InChI is InChI=1S/C31H33FN4O2/c1-20(2)22-9-11-24(12-10-22)29(23-6-4-3-5-7-23)35-31(38)27-17-26(32)19-36(27)28(37)13-8-21-16-25-14-15-33-30(25)34-18-21/h3-7,9-12,14-16,18,20,26-27,29H,8,13,17,19H2,1-2H3,(H,33,34)(H,35,38). The van der Waals surface area contributed by atoms with Crippen LogP contribution in [-0.4, -0.2) is 45.4 Å². The number of nitrogens with zero attached hydrogens (tertiary/aromatic N) is 2. The van der Waals surface area contributed by atoms with E-state index in [1.54, 1.807) is 6.20 Å². The van der Waals surface area contributed by atoms with Crippen LogP contribution in [0.2, 0.25) is 0 Å². The van der Waals surface area contributed by atoms with Gasteiger partial charge in [0.05, 0.1) is 12.6 Å². The monoisotopic (exact) mass is 512 g/mol. The lowest BCUT2D eigenvalue weighted by molar-refractivity contribution is -0.138. The average Bonchev–Trinajstić information content (AvgIpc) is 3.57. The van der Waals surface area contributed by atoms with E-state index in [2.05, 4.69) is 41.3 Å². The molecule has 2 aromatic carbocycles. The fourth-order valence-corrected chi connectivity index (χ4v) is 5.14. The Balaban J connectivity index is 1.31. The first-order valence-corrected chi connectivity index (χ1v) is 13.2. The molecule has 1 aliphatic heterocycles. The summed E-state index contributed by atoms with van der Waals surface area (Å²) in [7, 11) is 0. The summed E-state index contributed by atoms with van der Waals surface area (Å²) in [4.78, 5) is 35.6. The van der Waals surface area contributed by atoms with Crippen molar-refractivity contribution >= 4 is 22.8 Å². The summed E-state index contributed by atoms with van der Waals surface area (Å²) in [5.74, 6) is -0.165. The molecule has 3 unspecified atom stereocenters. The van der Waals surface area contributed by atoms with Gasteiger partial charge in [0, 0.05) is 30.6 Å². The van der Waals surface area contributed by atoms with Gasteiger partial charge in [0.25, 0.3) is 0 Å². The Hall–Kier alpha value is -4.00. The van der Waals surface area contributed by atoms with Crippen LogP contribution in [-0.2, 0) is 16.0 Å². The van der Waals surface area contributed by atoms with E-state index in [4.69, 9.17) is 0 Å². The van der Waals surface area contributed by atoms with Crippen molar-refractivity contribution in [2.24, 2.45) is 0 Å². The number of nitrogens with one attached hydrogen (secondary N) is 2. The number of halogens is 1. The summed E-state index contributed by atoms with van der Waals surface area (Å²) in [6.45, 7) is 4.21. The van der Waals surface area contributed by atoms with Crippen molar-refractivity contribution in [1.29, 1.82) is 0 Å². The molecule has 1 aliphatic rings. The highest BCUT2D eigenvalue weighted by molar-refractivity contribution is 5.89. The summed E-state index contributed by atoms with van der Waals surface area (Å²) in [6.07, 6.45) is 3.00. The molecule has 1 fully saturated rings. The summed E-state index contributed by atoms with van der Waals surface area (Å²) < 4.78 is 14.6. The maximum Gasteiger partial charge on any atom is 0.243 e. The van der Waals surface area contributed by atoms with Crippen LogP contribution in [0.5, 0.6) is 0 Å². The summed E-state index contributed by atoms with van der Waals surface area (Å²) >= 11 is 0. The van der Waals surface area contributed by atoms with Crippen molar-refractivity contribution in [1.82, 2.24) is 20.2 Å². The van der Waals surface area contributed by atoms with Crippen LogP contribution in [0.4, 0.5) is 4.39 Å². The predicted molar refractivity (Wildman–Crippen MR) is 146 cm³/mol. The number of carbonyl (C=O) groups excluding carboxylic acids is 2. The van der Waals surface area contributed by atoms with E-state index in [0.29, 0.717) is 12.3 Å². The van der Waals surface area contributed by atoms with E-state index < -0.39 is 18.3 Å². The van der Waals surface area contributed by atoms with Crippen molar-refractivity contribution in [2.75, 3.05) is 6.54 Å². The van der Waals surface area contributed by atoms with Crippen molar-refractivity contribution in [2.45, 2.75) is 57.3 Å². The predicted octanol–water partition coefficient (Wildman–Crippen LogP) is 5.46. The third-order valence-corrected chi connectivity index (χ3v) is 7.31. The maximum absolute atomic E-state index is 14.6. The summed E-state index contributed by atoms with van der Waals surface area (Å²) in [6, 6.07) is 20.6. The van der Waals surface area contributed by atoms with Gasteiger partial charge in [0.1, 0.15) is 17.9 Å². The second kappa shape index (κ2) is 11.2. The van der Waals surface area contributed by atoms with Crippen LogP contribution in [0.15, 0.2) is 79.1 Å². The SMILES string of the molecule is CC(C)c1ccc(C(NC(=O)C2CC(F)CN2C(=O)CCc2cnc3[nH]ccc3c2)c2ccccc2)cc1. The quantitative estimate of drug-likeness (QED) is 0.329. The van der Waals surface area contributed by atoms with Gasteiger partial charge in [-0.2, -0.15) is 0 Å². The highest BCUT2D eigenvalue weighted by Gasteiger charge is 2.40. The van der Waals surface area contributed by atoms with Gasteiger partial charge < -0.3 is 15.2 Å². The minimum Gasteiger partial charge on any atom is -0.346 e. The van der Waals surface area contributed by atoms with Gasteiger partial charge in [-0.25, -0.2) is 9.37 Å². The van der Waals surface area contributed by atoms with Gasteiger partial charge in [-0.05, 0) is 46.7 Å². The molecule has 2 aromatic heterocycles. The van der Waals surface area contributed by atoms with Gasteiger partial charge in [-0.3, -0.25) is 9.59 Å². The molecular formula is C31H33FN4O2. The summed E-state index contributed by atoms with van der Waals surface area (Å²) in [5, 5.41) is 4.10. The van der Waals surface area contributed by atoms with Crippen LogP contribution < -0.4 is 5.32 Å².